The van der Waals surface area contributed by atoms with Crippen LogP contribution >= 0.6 is 15.9 Å². The molecular formula is C25H40BrN3O3Si. The van der Waals surface area contributed by atoms with Crippen LogP contribution in [0.1, 0.15) is 74.4 Å². The molecule has 0 aliphatic heterocycles. The minimum Gasteiger partial charge on any atom is -0.444 e. The molecule has 0 fully saturated rings. The summed E-state index contributed by atoms with van der Waals surface area (Å²) >= 11 is 3.50. The molecule has 1 aromatic rings. The third-order valence-corrected chi connectivity index (χ3v) is 12.5. The van der Waals surface area contributed by atoms with Gasteiger partial charge in [-0.25, -0.2) is 9.78 Å². The molecule has 0 aliphatic carbocycles. The van der Waals surface area contributed by atoms with Gasteiger partial charge in [-0.15, -0.1) is 5.54 Å². The summed E-state index contributed by atoms with van der Waals surface area (Å²) in [6.45, 7) is 19.3. The summed E-state index contributed by atoms with van der Waals surface area (Å²) in [6.07, 6.45) is -0.323. The lowest BCUT2D eigenvalue weighted by Crippen LogP contribution is -2.43. The number of carbonyl (C=O) groups is 2. The van der Waals surface area contributed by atoms with Gasteiger partial charge < -0.3 is 15.0 Å². The maximum absolute atomic E-state index is 12.5. The number of hydrogen-bond acceptors (Lipinski definition) is 4. The second-order valence-electron chi connectivity index (χ2n) is 10.4. The minimum atomic E-state index is -1.88. The third kappa shape index (κ3) is 8.78. The van der Waals surface area contributed by atoms with E-state index in [4.69, 9.17) is 4.74 Å². The van der Waals surface area contributed by atoms with E-state index in [1.165, 1.54) is 4.90 Å². The van der Waals surface area contributed by atoms with Crippen molar-refractivity contribution in [3.05, 3.63) is 22.3 Å². The fourth-order valence-electron chi connectivity index (χ4n) is 4.14. The van der Waals surface area contributed by atoms with E-state index in [1.807, 2.05) is 6.07 Å². The van der Waals surface area contributed by atoms with Crippen molar-refractivity contribution in [3.63, 3.8) is 0 Å². The van der Waals surface area contributed by atoms with E-state index in [1.54, 1.807) is 33.9 Å². The summed E-state index contributed by atoms with van der Waals surface area (Å²) in [4.78, 5) is 30.5. The Morgan fingerprint density at radius 1 is 1.12 bits per heavy atom. The SMILES string of the molecule is CC(C)[Si](C#Cc1cc(Br)cc(NC(=O)CCN(C)C(=O)OC(C)(C)C)n1)(C(C)C)C(C)C. The number of nitrogens with one attached hydrogen (secondary N) is 1. The number of anilines is 1. The first-order valence-corrected chi connectivity index (χ1v) is 14.6. The zero-order valence-corrected chi connectivity index (χ0v) is 24.4. The average Bonchev–Trinajstić information content (AvgIpc) is 2.63. The molecule has 184 valence electrons. The minimum absolute atomic E-state index is 0.134. The van der Waals surface area contributed by atoms with E-state index in [0.29, 0.717) is 28.1 Å². The Labute approximate surface area is 209 Å². The predicted octanol–water partition coefficient (Wildman–Crippen LogP) is 6.61. The van der Waals surface area contributed by atoms with Crippen molar-refractivity contribution in [1.82, 2.24) is 9.88 Å². The van der Waals surface area contributed by atoms with Gasteiger partial charge >= 0.3 is 6.09 Å². The van der Waals surface area contributed by atoms with Gasteiger partial charge in [0.15, 0.2) is 0 Å². The second kappa shape index (κ2) is 12.0. The molecule has 1 aromatic heterocycles. The number of pyridine rings is 1. The Balaban J connectivity index is 2.96. The summed E-state index contributed by atoms with van der Waals surface area (Å²) < 4.78 is 6.11. The van der Waals surface area contributed by atoms with E-state index >= 15 is 0 Å². The third-order valence-electron chi connectivity index (χ3n) is 5.71. The van der Waals surface area contributed by atoms with Crippen LogP contribution in [0.15, 0.2) is 16.6 Å². The topological polar surface area (TPSA) is 71.5 Å². The van der Waals surface area contributed by atoms with Crippen molar-refractivity contribution in [1.29, 1.82) is 0 Å². The average molecular weight is 539 g/mol. The molecule has 0 bridgehead atoms. The van der Waals surface area contributed by atoms with E-state index < -0.39 is 19.8 Å². The van der Waals surface area contributed by atoms with Gasteiger partial charge in [0, 0.05) is 24.5 Å². The quantitative estimate of drug-likeness (QED) is 0.313. The molecule has 6 nitrogen and oxygen atoms in total. The van der Waals surface area contributed by atoms with Crippen LogP contribution in [0.3, 0.4) is 0 Å². The zero-order valence-electron chi connectivity index (χ0n) is 21.8. The van der Waals surface area contributed by atoms with Gasteiger partial charge in [0.1, 0.15) is 25.2 Å². The van der Waals surface area contributed by atoms with Gasteiger partial charge in [-0.1, -0.05) is 63.4 Å². The maximum Gasteiger partial charge on any atom is 0.410 e. The Morgan fingerprint density at radius 3 is 2.15 bits per heavy atom. The molecule has 33 heavy (non-hydrogen) atoms. The van der Waals surface area contributed by atoms with Crippen molar-refractivity contribution in [3.8, 4) is 11.5 Å². The number of aromatic nitrogens is 1. The number of carbonyl (C=O) groups excluding carboxylic acids is 2. The van der Waals surface area contributed by atoms with Crippen LogP contribution in [0.5, 0.6) is 0 Å². The van der Waals surface area contributed by atoms with Crippen molar-refractivity contribution < 1.29 is 14.3 Å². The summed E-state index contributed by atoms with van der Waals surface area (Å²) in [5, 5.41) is 2.82. The normalized spacial score (nSPS) is 11.9. The molecule has 0 aliphatic rings. The molecule has 0 saturated carbocycles. The first kappa shape index (κ1) is 29.2. The van der Waals surface area contributed by atoms with Gasteiger partial charge in [0.2, 0.25) is 5.91 Å². The molecule has 8 heteroatoms. The van der Waals surface area contributed by atoms with E-state index in [9.17, 15) is 9.59 Å². The highest BCUT2D eigenvalue weighted by atomic mass is 79.9. The Kier molecular flexibility index (Phi) is 10.6. The Hall–Kier alpha value is -1.85. The van der Waals surface area contributed by atoms with Gasteiger partial charge in [0.25, 0.3) is 0 Å². The van der Waals surface area contributed by atoms with Crippen LogP contribution in [-0.4, -0.2) is 49.2 Å². The molecule has 0 unspecified atom stereocenters. The summed E-state index contributed by atoms with van der Waals surface area (Å²) in [6, 6.07) is 3.62. The smallest absolute Gasteiger partial charge is 0.410 e. The number of hydrogen-bond donors (Lipinski definition) is 1. The highest BCUT2D eigenvalue weighted by Crippen LogP contribution is 2.40. The molecule has 0 saturated heterocycles. The van der Waals surface area contributed by atoms with Crippen LogP contribution in [-0.2, 0) is 9.53 Å². The molecule has 2 amide bonds. The van der Waals surface area contributed by atoms with Crippen molar-refractivity contribution in [2.24, 2.45) is 0 Å². The summed E-state index contributed by atoms with van der Waals surface area (Å²) in [5.74, 6) is 3.52. The first-order valence-electron chi connectivity index (χ1n) is 11.5. The van der Waals surface area contributed by atoms with Crippen LogP contribution in [0.2, 0.25) is 16.6 Å². The lowest BCUT2D eigenvalue weighted by atomic mass is 10.2. The molecule has 0 aromatic carbocycles. The lowest BCUT2D eigenvalue weighted by molar-refractivity contribution is -0.116. The van der Waals surface area contributed by atoms with Crippen LogP contribution in [0.4, 0.5) is 10.6 Å². The number of amides is 2. The van der Waals surface area contributed by atoms with Crippen LogP contribution in [0.25, 0.3) is 0 Å². The molecule has 0 radical (unpaired) electrons. The number of rotatable bonds is 7. The summed E-state index contributed by atoms with van der Waals surface area (Å²) in [5.41, 5.74) is 5.29. The van der Waals surface area contributed by atoms with E-state index in [0.717, 1.165) is 4.47 Å². The van der Waals surface area contributed by atoms with E-state index in [-0.39, 0.29) is 18.9 Å². The highest BCUT2D eigenvalue weighted by Gasteiger charge is 2.41. The largest absolute Gasteiger partial charge is 0.444 e. The van der Waals surface area contributed by atoms with Gasteiger partial charge in [0.05, 0.1) is 0 Å². The highest BCUT2D eigenvalue weighted by molar-refractivity contribution is 9.10. The fourth-order valence-corrected chi connectivity index (χ4v) is 9.78. The fraction of sp³-hybridized carbons (Fsp3) is 0.640. The lowest BCUT2D eigenvalue weighted by Gasteiger charge is -2.38. The number of halogens is 1. The van der Waals surface area contributed by atoms with Gasteiger partial charge in [-0.05, 0) is 49.5 Å². The second-order valence-corrected chi connectivity index (χ2v) is 16.9. The van der Waals surface area contributed by atoms with Crippen LogP contribution in [0, 0.1) is 11.5 Å². The van der Waals surface area contributed by atoms with E-state index in [2.05, 4.69) is 79.2 Å². The molecule has 1 rings (SSSR count). The Bertz CT molecular complexity index is 877. The van der Waals surface area contributed by atoms with Crippen molar-refractivity contribution in [2.45, 2.75) is 91.0 Å². The molecule has 0 atom stereocenters. The molecule has 0 spiro atoms. The molecule has 1 heterocycles. The maximum atomic E-state index is 12.5. The first-order chi connectivity index (χ1) is 15.1. The standard InChI is InChI=1S/C25H40BrN3O3Si/c1-17(2)33(18(3)4,19(5)6)14-12-21-15-20(26)16-22(27-21)28-23(30)11-13-29(10)24(31)32-25(7,8)9/h15-19H,11,13H2,1-10H3,(H,27,28,30). The number of nitrogens with zero attached hydrogens (tertiary/aromatic N) is 2. The van der Waals surface area contributed by atoms with Gasteiger partial charge in [-0.2, -0.15) is 0 Å². The molecule has 1 N–H and O–H groups in total. The van der Waals surface area contributed by atoms with Crippen LogP contribution < -0.4 is 5.32 Å². The van der Waals surface area contributed by atoms with Crippen molar-refractivity contribution in [2.75, 3.05) is 18.9 Å². The summed E-state index contributed by atoms with van der Waals surface area (Å²) in [7, 11) is -0.272. The zero-order chi connectivity index (χ0) is 25.6. The van der Waals surface area contributed by atoms with Crippen molar-refractivity contribution >= 4 is 41.8 Å². The monoisotopic (exact) mass is 537 g/mol. The predicted molar refractivity (Wildman–Crippen MR) is 142 cm³/mol. The van der Waals surface area contributed by atoms with Gasteiger partial charge in [-0.3, -0.25) is 4.79 Å². The molecular weight excluding hydrogens is 498 g/mol. The number of ether oxygens (including phenoxy) is 1. The Morgan fingerprint density at radius 2 is 1.67 bits per heavy atom.